The summed E-state index contributed by atoms with van der Waals surface area (Å²) in [6.07, 6.45) is 0. The van der Waals surface area contributed by atoms with Gasteiger partial charge in [-0.2, -0.15) is 0 Å². The lowest BCUT2D eigenvalue weighted by Gasteiger charge is -2.26. The lowest BCUT2D eigenvalue weighted by molar-refractivity contribution is -0.130. The molecule has 0 bridgehead atoms. The number of aliphatic hydroxyl groups excluding tert-OH is 1. The van der Waals surface area contributed by atoms with Crippen LogP contribution in [0.1, 0.15) is 42.3 Å². The van der Waals surface area contributed by atoms with Gasteiger partial charge in [0.05, 0.1) is 46.5 Å². The summed E-state index contributed by atoms with van der Waals surface area (Å²) in [7, 11) is 2.79. The number of methoxy groups -OCH3 is 2. The Bertz CT molecular complexity index is 1020. The Hall–Kier alpha value is -3.04. The zero-order valence-corrected chi connectivity index (χ0v) is 17.9. The van der Waals surface area contributed by atoms with E-state index in [1.54, 1.807) is 38.1 Å². The highest BCUT2D eigenvalue weighted by Gasteiger charge is 2.44. The van der Waals surface area contributed by atoms with Crippen LogP contribution in [0.25, 0.3) is 0 Å². The molecule has 0 spiro atoms. The zero-order valence-electron chi connectivity index (χ0n) is 17.1. The van der Waals surface area contributed by atoms with Crippen molar-refractivity contribution < 1.29 is 29.0 Å². The Labute approximate surface area is 177 Å². The summed E-state index contributed by atoms with van der Waals surface area (Å²) in [5.41, 5.74) is 1.46. The van der Waals surface area contributed by atoms with Crippen LogP contribution in [-0.2, 0) is 14.3 Å². The minimum absolute atomic E-state index is 0.00586. The van der Waals surface area contributed by atoms with Crippen molar-refractivity contribution >= 4 is 29.0 Å². The molecule has 0 saturated carbocycles. The second kappa shape index (κ2) is 8.76. The average molecular weight is 430 g/mol. The molecule has 0 aliphatic carbocycles. The second-order valence-electron chi connectivity index (χ2n) is 6.75. The maximum absolute atomic E-state index is 13.3. The quantitative estimate of drug-likeness (QED) is 0.532. The van der Waals surface area contributed by atoms with E-state index in [0.29, 0.717) is 21.7 Å². The van der Waals surface area contributed by atoms with Crippen LogP contribution in [0.4, 0.5) is 0 Å². The van der Waals surface area contributed by atoms with Gasteiger partial charge in [-0.3, -0.25) is 9.59 Å². The summed E-state index contributed by atoms with van der Waals surface area (Å²) < 4.78 is 9.81. The van der Waals surface area contributed by atoms with E-state index in [9.17, 15) is 19.5 Å². The molecule has 158 valence electrons. The fraction of sp³-hybridized carbons (Fsp3) is 0.333. The van der Waals surface area contributed by atoms with Crippen molar-refractivity contribution in [1.82, 2.24) is 9.88 Å². The average Bonchev–Trinajstić information content (AvgIpc) is 3.21. The van der Waals surface area contributed by atoms with Crippen LogP contribution in [0.2, 0.25) is 0 Å². The largest absolute Gasteiger partial charge is 0.503 e. The number of aliphatic hydroxyl groups is 1. The number of benzene rings is 1. The molecule has 2 heterocycles. The van der Waals surface area contributed by atoms with Crippen LogP contribution < -0.4 is 0 Å². The zero-order chi connectivity index (χ0) is 22.0. The van der Waals surface area contributed by atoms with Crippen molar-refractivity contribution in [3.8, 4) is 0 Å². The van der Waals surface area contributed by atoms with Crippen molar-refractivity contribution in [2.75, 3.05) is 27.4 Å². The summed E-state index contributed by atoms with van der Waals surface area (Å²) in [6.45, 7) is 3.92. The summed E-state index contributed by atoms with van der Waals surface area (Å²) in [5.74, 6) is -2.16. The number of amides is 1. The van der Waals surface area contributed by atoms with Crippen LogP contribution in [0.15, 0.2) is 35.6 Å². The van der Waals surface area contributed by atoms with Gasteiger partial charge >= 0.3 is 5.97 Å². The number of aryl methyl sites for hydroxylation is 2. The number of Topliss-reactive ketones (excluding diaryl/α,β-unsaturated/α-hetero) is 1. The number of ether oxygens (including phenoxy) is 2. The monoisotopic (exact) mass is 430 g/mol. The van der Waals surface area contributed by atoms with Crippen LogP contribution in [0.3, 0.4) is 0 Å². The number of carbonyl (C=O) groups excluding carboxylic acids is 3. The van der Waals surface area contributed by atoms with E-state index in [2.05, 4.69) is 4.98 Å². The molecule has 30 heavy (non-hydrogen) atoms. The van der Waals surface area contributed by atoms with E-state index in [0.717, 1.165) is 5.01 Å². The number of aromatic nitrogens is 1. The van der Waals surface area contributed by atoms with E-state index in [-0.39, 0.29) is 18.7 Å². The predicted molar refractivity (Wildman–Crippen MR) is 110 cm³/mol. The van der Waals surface area contributed by atoms with Crippen molar-refractivity contribution in [3.63, 3.8) is 0 Å². The third-order valence-corrected chi connectivity index (χ3v) is 5.91. The molecular formula is C21H22N2O6S. The molecule has 1 aromatic carbocycles. The van der Waals surface area contributed by atoms with Gasteiger partial charge in [-0.1, -0.05) is 12.1 Å². The Morgan fingerprint density at radius 1 is 1.20 bits per heavy atom. The first-order chi connectivity index (χ1) is 14.3. The molecule has 9 heteroatoms. The summed E-state index contributed by atoms with van der Waals surface area (Å²) in [4.78, 5) is 43.9. The van der Waals surface area contributed by atoms with Crippen LogP contribution >= 0.6 is 11.3 Å². The molecule has 0 radical (unpaired) electrons. The molecule has 1 amide bonds. The third-order valence-electron chi connectivity index (χ3n) is 4.84. The Morgan fingerprint density at radius 2 is 1.87 bits per heavy atom. The molecule has 0 fully saturated rings. The van der Waals surface area contributed by atoms with Gasteiger partial charge in [-0.15, -0.1) is 11.3 Å². The van der Waals surface area contributed by atoms with E-state index in [1.165, 1.54) is 30.5 Å². The maximum atomic E-state index is 13.3. The van der Waals surface area contributed by atoms with E-state index < -0.39 is 29.5 Å². The third kappa shape index (κ3) is 3.86. The molecular weight excluding hydrogens is 408 g/mol. The number of hydrogen-bond donors (Lipinski definition) is 1. The van der Waals surface area contributed by atoms with E-state index in [1.807, 2.05) is 0 Å². The molecule has 1 aliphatic heterocycles. The molecule has 2 aromatic rings. The number of ketones is 1. The van der Waals surface area contributed by atoms with Gasteiger partial charge in [0.2, 0.25) is 5.78 Å². The first kappa shape index (κ1) is 21.7. The maximum Gasteiger partial charge on any atom is 0.337 e. The fourth-order valence-electron chi connectivity index (χ4n) is 3.44. The molecule has 1 atom stereocenters. The molecule has 3 rings (SSSR count). The highest BCUT2D eigenvalue weighted by Crippen LogP contribution is 2.40. The number of carbonyl (C=O) groups is 3. The summed E-state index contributed by atoms with van der Waals surface area (Å²) in [6, 6.07) is 5.58. The first-order valence-electron chi connectivity index (χ1n) is 9.20. The first-order valence-corrected chi connectivity index (χ1v) is 10.0. The van der Waals surface area contributed by atoms with Crippen molar-refractivity contribution in [3.05, 3.63) is 62.3 Å². The molecule has 1 aromatic heterocycles. The summed E-state index contributed by atoms with van der Waals surface area (Å²) >= 11 is 1.22. The highest BCUT2D eigenvalue weighted by molar-refractivity contribution is 7.14. The second-order valence-corrected chi connectivity index (χ2v) is 7.95. The fourth-order valence-corrected chi connectivity index (χ4v) is 4.31. The van der Waals surface area contributed by atoms with E-state index in [4.69, 9.17) is 9.47 Å². The van der Waals surface area contributed by atoms with Crippen molar-refractivity contribution in [2.24, 2.45) is 0 Å². The van der Waals surface area contributed by atoms with Crippen LogP contribution in [0.5, 0.6) is 0 Å². The van der Waals surface area contributed by atoms with Gasteiger partial charge in [0.1, 0.15) is 0 Å². The number of rotatable bonds is 7. The minimum atomic E-state index is -0.811. The number of hydrogen-bond acceptors (Lipinski definition) is 8. The predicted octanol–water partition coefficient (Wildman–Crippen LogP) is 2.77. The van der Waals surface area contributed by atoms with Gasteiger partial charge in [-0.25, -0.2) is 9.78 Å². The smallest absolute Gasteiger partial charge is 0.337 e. The van der Waals surface area contributed by atoms with Crippen LogP contribution in [0, 0.1) is 13.8 Å². The number of esters is 1. The normalized spacial score (nSPS) is 16.3. The molecule has 8 nitrogen and oxygen atoms in total. The van der Waals surface area contributed by atoms with Gasteiger partial charge in [0, 0.05) is 13.7 Å². The van der Waals surface area contributed by atoms with Gasteiger partial charge in [0.25, 0.3) is 5.91 Å². The van der Waals surface area contributed by atoms with Crippen molar-refractivity contribution in [2.45, 2.75) is 19.9 Å². The topological polar surface area (TPSA) is 106 Å². The highest BCUT2D eigenvalue weighted by atomic mass is 32.1. The Balaban J connectivity index is 2.08. The molecule has 1 N–H and O–H groups in total. The molecule has 1 aliphatic rings. The minimum Gasteiger partial charge on any atom is -0.503 e. The van der Waals surface area contributed by atoms with Gasteiger partial charge < -0.3 is 19.5 Å². The molecule has 0 saturated heterocycles. The Morgan fingerprint density at radius 3 is 2.40 bits per heavy atom. The van der Waals surface area contributed by atoms with Gasteiger partial charge in [-0.05, 0) is 31.5 Å². The van der Waals surface area contributed by atoms with E-state index >= 15 is 0 Å². The standard InChI is InChI=1S/C21H22N2O6S/c1-11-19(30-12(2)22-11)17(24)15-16(23(9-10-28-3)20(26)18(15)25)13-5-7-14(8-6-13)21(27)29-4/h5-8,16,25H,9-10H2,1-4H3. The number of thiazole rings is 1. The summed E-state index contributed by atoms with van der Waals surface area (Å²) in [5, 5.41) is 11.3. The SMILES string of the molecule is COCCN1C(=O)C(O)=C(C(=O)c2sc(C)nc2C)C1c1ccc(C(=O)OC)cc1. The van der Waals surface area contributed by atoms with Gasteiger partial charge in [0.15, 0.2) is 5.76 Å². The number of nitrogens with zero attached hydrogens (tertiary/aromatic N) is 2. The lowest BCUT2D eigenvalue weighted by atomic mass is 9.94. The van der Waals surface area contributed by atoms with Crippen LogP contribution in [-0.4, -0.2) is 60.0 Å². The Kier molecular flexibility index (Phi) is 6.33. The van der Waals surface area contributed by atoms with Crippen molar-refractivity contribution in [1.29, 1.82) is 0 Å². The molecule has 1 unspecified atom stereocenters. The lowest BCUT2D eigenvalue weighted by Crippen LogP contribution is -2.34.